The van der Waals surface area contributed by atoms with Crippen LogP contribution in [-0.4, -0.2) is 25.9 Å². The van der Waals surface area contributed by atoms with E-state index in [0.29, 0.717) is 12.7 Å². The summed E-state index contributed by atoms with van der Waals surface area (Å²) >= 11 is 0. The predicted molar refractivity (Wildman–Crippen MR) is 26.8 cm³/mol. The molecule has 0 spiro atoms. The summed E-state index contributed by atoms with van der Waals surface area (Å²) in [6.45, 7) is 2.22. The van der Waals surface area contributed by atoms with Crippen LogP contribution in [0.4, 0.5) is 0 Å². The molecule has 3 heteroatoms. The second kappa shape index (κ2) is 2.26. The Balaban J connectivity index is 1.93. The average molecular weight is 102 g/mol. The van der Waals surface area contributed by atoms with Gasteiger partial charge in [0.25, 0.3) is 0 Å². The molecule has 0 bridgehead atoms. The Morgan fingerprint density at radius 1 is 1.71 bits per heavy atom. The van der Waals surface area contributed by atoms with Crippen LogP contribution in [0.1, 0.15) is 0 Å². The van der Waals surface area contributed by atoms with Crippen LogP contribution < -0.4 is 11.1 Å². The van der Waals surface area contributed by atoms with Gasteiger partial charge >= 0.3 is 0 Å². The van der Waals surface area contributed by atoms with E-state index in [1.165, 1.54) is 0 Å². The Morgan fingerprint density at radius 3 is 2.57 bits per heavy atom. The van der Waals surface area contributed by atoms with Gasteiger partial charge in [0.05, 0.1) is 19.3 Å². The normalized spacial score (nSPS) is 21.9. The first-order valence-electron chi connectivity index (χ1n) is 2.44. The van der Waals surface area contributed by atoms with Gasteiger partial charge < -0.3 is 10.5 Å². The van der Waals surface area contributed by atoms with Crippen LogP contribution in [0, 0.1) is 0 Å². The second-order valence-corrected chi connectivity index (χ2v) is 1.64. The minimum atomic E-state index is 0.532. The summed E-state index contributed by atoms with van der Waals surface area (Å²) in [6.07, 6.45) is 0. The van der Waals surface area contributed by atoms with E-state index in [0.717, 1.165) is 13.2 Å². The van der Waals surface area contributed by atoms with Crippen LogP contribution in [0.25, 0.3) is 0 Å². The van der Waals surface area contributed by atoms with Crippen LogP contribution in [0.15, 0.2) is 0 Å². The molecule has 7 heavy (non-hydrogen) atoms. The third kappa shape index (κ3) is 1.12. The molecule has 0 unspecified atom stereocenters. The highest BCUT2D eigenvalue weighted by atomic mass is 16.5. The quantitative estimate of drug-likeness (QED) is 0.435. The molecular formula is C4H10N2O. The number of hydrogen-bond donors (Lipinski definition) is 2. The molecule has 1 heterocycles. The molecule has 0 aromatic heterocycles. The predicted octanol–water partition coefficient (Wildman–Crippen LogP) is -1.11. The fourth-order valence-electron chi connectivity index (χ4n) is 0.520. The standard InChI is InChI=1S/C4H10N2O/c5-3-6-4-1-7-2-4/h4,6H,1-3,5H2. The van der Waals surface area contributed by atoms with E-state index < -0.39 is 0 Å². The summed E-state index contributed by atoms with van der Waals surface area (Å²) in [7, 11) is 0. The van der Waals surface area contributed by atoms with Gasteiger partial charge in [-0.1, -0.05) is 0 Å². The van der Waals surface area contributed by atoms with E-state index in [1.807, 2.05) is 0 Å². The van der Waals surface area contributed by atoms with Crippen molar-refractivity contribution >= 4 is 0 Å². The van der Waals surface area contributed by atoms with Crippen molar-refractivity contribution in [1.82, 2.24) is 5.32 Å². The molecule has 1 aliphatic heterocycles. The minimum Gasteiger partial charge on any atom is -0.378 e. The van der Waals surface area contributed by atoms with E-state index in [1.54, 1.807) is 0 Å². The van der Waals surface area contributed by atoms with Gasteiger partial charge in [0.2, 0.25) is 0 Å². The first-order valence-corrected chi connectivity index (χ1v) is 2.44. The first-order chi connectivity index (χ1) is 3.43. The molecule has 1 aliphatic rings. The molecular weight excluding hydrogens is 92.1 g/mol. The second-order valence-electron chi connectivity index (χ2n) is 1.64. The largest absolute Gasteiger partial charge is 0.378 e. The zero-order valence-electron chi connectivity index (χ0n) is 4.18. The summed E-state index contributed by atoms with van der Waals surface area (Å²) < 4.78 is 4.87. The van der Waals surface area contributed by atoms with Crippen molar-refractivity contribution in [1.29, 1.82) is 0 Å². The van der Waals surface area contributed by atoms with Crippen LogP contribution in [0.3, 0.4) is 0 Å². The van der Waals surface area contributed by atoms with Crippen LogP contribution >= 0.6 is 0 Å². The fourth-order valence-corrected chi connectivity index (χ4v) is 0.520. The van der Waals surface area contributed by atoms with Gasteiger partial charge in [-0.15, -0.1) is 0 Å². The third-order valence-corrected chi connectivity index (χ3v) is 1.04. The summed E-state index contributed by atoms with van der Waals surface area (Å²) in [4.78, 5) is 0. The molecule has 3 N–H and O–H groups in total. The molecule has 0 saturated carbocycles. The highest BCUT2D eigenvalue weighted by Crippen LogP contribution is 1.96. The molecule has 0 aromatic rings. The lowest BCUT2D eigenvalue weighted by Crippen LogP contribution is -2.47. The van der Waals surface area contributed by atoms with Gasteiger partial charge in [-0.3, -0.25) is 5.32 Å². The minimum absolute atomic E-state index is 0.532. The Bertz CT molecular complexity index is 53.7. The first kappa shape index (κ1) is 5.03. The van der Waals surface area contributed by atoms with Crippen LogP contribution in [0.2, 0.25) is 0 Å². The molecule has 0 radical (unpaired) electrons. The lowest BCUT2D eigenvalue weighted by atomic mass is 10.3. The summed E-state index contributed by atoms with van der Waals surface area (Å²) in [5.41, 5.74) is 5.17. The van der Waals surface area contributed by atoms with E-state index in [4.69, 9.17) is 10.5 Å². The highest BCUT2D eigenvalue weighted by molar-refractivity contribution is 4.70. The lowest BCUT2D eigenvalue weighted by molar-refractivity contribution is -0.00451. The summed E-state index contributed by atoms with van der Waals surface area (Å²) in [5, 5.41) is 3.03. The van der Waals surface area contributed by atoms with Gasteiger partial charge in [-0.05, 0) is 0 Å². The third-order valence-electron chi connectivity index (χ3n) is 1.04. The summed E-state index contributed by atoms with van der Waals surface area (Å²) in [5.74, 6) is 0. The van der Waals surface area contributed by atoms with Crippen LogP contribution in [-0.2, 0) is 4.74 Å². The topological polar surface area (TPSA) is 47.3 Å². The molecule has 0 atom stereocenters. The number of rotatable bonds is 2. The Kier molecular flexibility index (Phi) is 1.62. The summed E-state index contributed by atoms with van der Waals surface area (Å²) in [6, 6.07) is 0.532. The van der Waals surface area contributed by atoms with Gasteiger partial charge in [-0.2, -0.15) is 0 Å². The lowest BCUT2D eigenvalue weighted by Gasteiger charge is -2.25. The highest BCUT2D eigenvalue weighted by Gasteiger charge is 2.15. The fraction of sp³-hybridized carbons (Fsp3) is 1.00. The Hall–Kier alpha value is -0.120. The zero-order valence-corrected chi connectivity index (χ0v) is 4.18. The van der Waals surface area contributed by atoms with Crippen molar-refractivity contribution in [3.8, 4) is 0 Å². The van der Waals surface area contributed by atoms with Crippen molar-refractivity contribution in [2.75, 3.05) is 19.9 Å². The average Bonchev–Trinajstić information content (AvgIpc) is 1.55. The zero-order chi connectivity index (χ0) is 5.11. The van der Waals surface area contributed by atoms with E-state index in [2.05, 4.69) is 5.32 Å². The van der Waals surface area contributed by atoms with Crippen molar-refractivity contribution in [2.24, 2.45) is 5.73 Å². The number of nitrogens with one attached hydrogen (secondary N) is 1. The number of hydrogen-bond acceptors (Lipinski definition) is 3. The Labute approximate surface area is 42.8 Å². The molecule has 0 aliphatic carbocycles. The van der Waals surface area contributed by atoms with Gasteiger partial charge in [0.15, 0.2) is 0 Å². The van der Waals surface area contributed by atoms with Gasteiger partial charge in [0, 0.05) is 6.67 Å². The maximum absolute atomic E-state index is 5.17. The smallest absolute Gasteiger partial charge is 0.0643 e. The van der Waals surface area contributed by atoms with Crippen molar-refractivity contribution in [3.05, 3.63) is 0 Å². The Morgan fingerprint density at radius 2 is 2.43 bits per heavy atom. The SMILES string of the molecule is NCNC1COC1. The number of ether oxygens (including phenoxy) is 1. The molecule has 42 valence electrons. The molecule has 0 aromatic carbocycles. The van der Waals surface area contributed by atoms with Gasteiger partial charge in [0.1, 0.15) is 0 Å². The molecule has 1 fully saturated rings. The molecule has 1 saturated heterocycles. The van der Waals surface area contributed by atoms with Gasteiger partial charge in [-0.25, -0.2) is 0 Å². The van der Waals surface area contributed by atoms with E-state index in [-0.39, 0.29) is 0 Å². The van der Waals surface area contributed by atoms with E-state index in [9.17, 15) is 0 Å². The van der Waals surface area contributed by atoms with E-state index >= 15 is 0 Å². The molecule has 0 amide bonds. The van der Waals surface area contributed by atoms with Crippen molar-refractivity contribution in [2.45, 2.75) is 6.04 Å². The maximum atomic E-state index is 5.17. The maximum Gasteiger partial charge on any atom is 0.0643 e. The number of nitrogens with two attached hydrogens (primary N) is 1. The molecule has 1 rings (SSSR count). The van der Waals surface area contributed by atoms with Crippen molar-refractivity contribution < 1.29 is 4.74 Å². The molecule has 3 nitrogen and oxygen atoms in total. The van der Waals surface area contributed by atoms with Crippen LogP contribution in [0.5, 0.6) is 0 Å². The van der Waals surface area contributed by atoms with Crippen molar-refractivity contribution in [3.63, 3.8) is 0 Å². The monoisotopic (exact) mass is 102 g/mol.